The van der Waals surface area contributed by atoms with Gasteiger partial charge >= 0.3 is 0 Å². The van der Waals surface area contributed by atoms with Crippen molar-refractivity contribution in [1.82, 2.24) is 23.7 Å². The molecule has 0 radical (unpaired) electrons. The Morgan fingerprint density at radius 2 is 2.03 bits per heavy atom. The lowest BCUT2D eigenvalue weighted by molar-refractivity contribution is -0.00564. The predicted molar refractivity (Wildman–Crippen MR) is 133 cm³/mol. The molecular formula is C25H33N5O5S. The molecule has 0 unspecified atom stereocenters. The monoisotopic (exact) mass is 515 g/mol. The fourth-order valence-corrected chi connectivity index (χ4v) is 7.99. The van der Waals surface area contributed by atoms with Gasteiger partial charge in [-0.2, -0.15) is 4.31 Å². The fourth-order valence-electron chi connectivity index (χ4n) is 6.35. The van der Waals surface area contributed by atoms with Crippen LogP contribution in [0.4, 0.5) is 0 Å². The van der Waals surface area contributed by atoms with Gasteiger partial charge in [-0.15, -0.1) is 0 Å². The lowest BCUT2D eigenvalue weighted by Gasteiger charge is -2.56. The molecule has 3 aliphatic rings. The highest BCUT2D eigenvalue weighted by molar-refractivity contribution is 7.89. The average Bonchev–Trinajstić information content (AvgIpc) is 3.47. The second-order valence-corrected chi connectivity index (χ2v) is 12.3. The zero-order valence-corrected chi connectivity index (χ0v) is 21.5. The summed E-state index contributed by atoms with van der Waals surface area (Å²) in [6.07, 6.45) is 5.13. The summed E-state index contributed by atoms with van der Waals surface area (Å²) >= 11 is 0. The number of aromatic nitrogens is 3. The number of methoxy groups -OCH3 is 1. The number of ether oxygens (including phenoxy) is 2. The van der Waals surface area contributed by atoms with Crippen LogP contribution in [0.2, 0.25) is 0 Å². The number of nitrogens with one attached hydrogen (secondary N) is 1. The highest BCUT2D eigenvalue weighted by Crippen LogP contribution is 2.50. The zero-order valence-electron chi connectivity index (χ0n) is 20.7. The Bertz CT molecular complexity index is 1370. The topological polar surface area (TPSA) is 113 Å². The van der Waals surface area contributed by atoms with Gasteiger partial charge in [0.05, 0.1) is 26.1 Å². The number of aliphatic hydroxyl groups is 1. The number of aryl methyl sites for hydroxylation is 1. The van der Waals surface area contributed by atoms with Gasteiger partial charge in [-0.25, -0.2) is 13.4 Å². The third-order valence-corrected chi connectivity index (χ3v) is 9.78. The molecule has 1 aromatic carbocycles. The fraction of sp³-hybridized carbons (Fsp3) is 0.560. The lowest BCUT2D eigenvalue weighted by Crippen LogP contribution is -2.67. The molecule has 0 saturated carbocycles. The number of nitrogens with zero attached hydrogens (tertiary/aromatic N) is 4. The summed E-state index contributed by atoms with van der Waals surface area (Å²) in [5, 5.41) is 11.5. The Labute approximate surface area is 210 Å². The van der Waals surface area contributed by atoms with E-state index < -0.39 is 16.1 Å². The third kappa shape index (κ3) is 3.76. The van der Waals surface area contributed by atoms with Gasteiger partial charge in [0.15, 0.2) is 5.03 Å². The van der Waals surface area contributed by atoms with Crippen molar-refractivity contribution in [1.29, 1.82) is 0 Å². The SMILES string of the molecule is COc1ccc2c3c([nH]c2c1)[C@@H](CO)N(S(=O)(=O)c1cn(C)cn1)CC31CN(CC2CCOCC2)C1. The molecule has 10 nitrogen and oxygen atoms in total. The van der Waals surface area contributed by atoms with E-state index in [1.165, 1.54) is 16.8 Å². The van der Waals surface area contributed by atoms with Gasteiger partial charge in [-0.3, -0.25) is 0 Å². The Balaban J connectivity index is 1.42. The van der Waals surface area contributed by atoms with Crippen LogP contribution in [0.5, 0.6) is 5.75 Å². The van der Waals surface area contributed by atoms with E-state index in [0.29, 0.717) is 12.5 Å². The molecule has 2 saturated heterocycles. The van der Waals surface area contributed by atoms with E-state index in [1.807, 2.05) is 18.2 Å². The molecule has 6 rings (SSSR count). The van der Waals surface area contributed by atoms with Crippen molar-refractivity contribution < 1.29 is 23.0 Å². The van der Waals surface area contributed by atoms with Crippen molar-refractivity contribution in [2.75, 3.05) is 53.1 Å². The van der Waals surface area contributed by atoms with Crippen molar-refractivity contribution in [3.8, 4) is 5.75 Å². The highest BCUT2D eigenvalue weighted by Gasteiger charge is 2.55. The minimum atomic E-state index is -3.93. The van der Waals surface area contributed by atoms with E-state index in [9.17, 15) is 13.5 Å². The van der Waals surface area contributed by atoms with Gasteiger partial charge in [0.1, 0.15) is 5.75 Å². The molecule has 2 fully saturated rings. The van der Waals surface area contributed by atoms with Crippen LogP contribution < -0.4 is 4.74 Å². The Kier molecular flexibility index (Phi) is 5.88. The zero-order chi connectivity index (χ0) is 25.1. The minimum Gasteiger partial charge on any atom is -0.497 e. The number of imidazole rings is 1. The van der Waals surface area contributed by atoms with E-state index in [1.54, 1.807) is 18.7 Å². The molecule has 36 heavy (non-hydrogen) atoms. The van der Waals surface area contributed by atoms with Gasteiger partial charge < -0.3 is 29.0 Å². The van der Waals surface area contributed by atoms with E-state index >= 15 is 0 Å². The van der Waals surface area contributed by atoms with Crippen molar-refractivity contribution in [3.05, 3.63) is 42.0 Å². The molecule has 3 aromatic rings. The van der Waals surface area contributed by atoms with Gasteiger partial charge in [0.25, 0.3) is 10.0 Å². The number of sulfonamides is 1. The second kappa shape index (κ2) is 8.84. The van der Waals surface area contributed by atoms with Gasteiger partial charge in [0.2, 0.25) is 0 Å². The van der Waals surface area contributed by atoms with Gasteiger partial charge in [-0.05, 0) is 36.5 Å². The molecule has 1 spiro atoms. The minimum absolute atomic E-state index is 0.00165. The maximum absolute atomic E-state index is 13.8. The number of benzene rings is 1. The molecule has 194 valence electrons. The van der Waals surface area contributed by atoms with Crippen LogP contribution in [-0.4, -0.2) is 90.4 Å². The summed E-state index contributed by atoms with van der Waals surface area (Å²) in [6.45, 7) is 4.12. The Hall–Kier alpha value is -2.44. The van der Waals surface area contributed by atoms with Crippen LogP contribution in [0.25, 0.3) is 10.9 Å². The first-order valence-electron chi connectivity index (χ1n) is 12.5. The van der Waals surface area contributed by atoms with Gasteiger partial charge in [-0.1, -0.05) is 0 Å². The number of hydrogen-bond donors (Lipinski definition) is 2. The number of aliphatic hydroxyl groups excluding tert-OH is 1. The van der Waals surface area contributed by atoms with Crippen LogP contribution in [0, 0.1) is 5.92 Å². The van der Waals surface area contributed by atoms with Crippen LogP contribution >= 0.6 is 0 Å². The number of hydrogen-bond acceptors (Lipinski definition) is 7. The molecule has 0 bridgehead atoms. The van der Waals surface area contributed by atoms with Crippen molar-refractivity contribution in [2.45, 2.75) is 29.3 Å². The second-order valence-electron chi connectivity index (χ2n) is 10.5. The number of rotatable bonds is 6. The first-order chi connectivity index (χ1) is 17.3. The molecule has 2 N–H and O–H groups in total. The number of fused-ring (bicyclic) bond motifs is 4. The van der Waals surface area contributed by atoms with E-state index in [4.69, 9.17) is 9.47 Å². The van der Waals surface area contributed by atoms with Crippen molar-refractivity contribution in [3.63, 3.8) is 0 Å². The number of likely N-dealkylation sites (tertiary alicyclic amines) is 1. The van der Waals surface area contributed by atoms with Crippen LogP contribution in [0.3, 0.4) is 0 Å². The number of aromatic amines is 1. The van der Waals surface area contributed by atoms with Crippen LogP contribution in [-0.2, 0) is 27.2 Å². The molecule has 0 aliphatic carbocycles. The smallest absolute Gasteiger partial charge is 0.262 e. The molecule has 5 heterocycles. The summed E-state index contributed by atoms with van der Waals surface area (Å²) in [4.78, 5) is 10.0. The van der Waals surface area contributed by atoms with Crippen molar-refractivity contribution >= 4 is 20.9 Å². The quantitative estimate of drug-likeness (QED) is 0.513. The number of H-pyrrole nitrogens is 1. The summed E-state index contributed by atoms with van der Waals surface area (Å²) in [6, 6.07) is 5.20. The Morgan fingerprint density at radius 3 is 2.69 bits per heavy atom. The first kappa shape index (κ1) is 23.9. The predicted octanol–water partition coefficient (Wildman–Crippen LogP) is 1.63. The summed E-state index contributed by atoms with van der Waals surface area (Å²) < 4.78 is 41.6. The maximum atomic E-state index is 13.8. The van der Waals surface area contributed by atoms with E-state index in [2.05, 4.69) is 14.9 Å². The van der Waals surface area contributed by atoms with Crippen molar-refractivity contribution in [2.24, 2.45) is 13.0 Å². The van der Waals surface area contributed by atoms with E-state index in [0.717, 1.165) is 73.6 Å². The van der Waals surface area contributed by atoms with Crippen LogP contribution in [0.15, 0.2) is 35.7 Å². The largest absolute Gasteiger partial charge is 0.497 e. The molecule has 0 amide bonds. The molecule has 1 atom stereocenters. The van der Waals surface area contributed by atoms with E-state index in [-0.39, 0.29) is 17.0 Å². The first-order valence-corrected chi connectivity index (χ1v) is 13.9. The average molecular weight is 516 g/mol. The normalized spacial score (nSPS) is 23.1. The summed E-state index contributed by atoms with van der Waals surface area (Å²) in [5.74, 6) is 1.33. The molecular weight excluding hydrogens is 482 g/mol. The van der Waals surface area contributed by atoms with Crippen LogP contribution in [0.1, 0.15) is 30.1 Å². The summed E-state index contributed by atoms with van der Waals surface area (Å²) in [5.41, 5.74) is 2.39. The standard InChI is InChI=1S/C25H33N5O5S/c1-28-11-22(26-16-28)36(32,33)30-15-25(13-29(14-25)10-17-5-7-35-8-6-17)23-19-4-3-18(34-2)9-20(19)27-24(23)21(30)12-31/h3-4,9,11,16-17,21,27,31H,5-8,10,12-15H2,1-2H3/t21-/m1/s1. The molecule has 2 aromatic heterocycles. The highest BCUT2D eigenvalue weighted by atomic mass is 32.2. The van der Waals surface area contributed by atoms with Gasteiger partial charge in [0, 0.05) is 80.7 Å². The maximum Gasteiger partial charge on any atom is 0.262 e. The lowest BCUT2D eigenvalue weighted by atomic mass is 9.69. The third-order valence-electron chi connectivity index (χ3n) is 8.04. The molecule has 3 aliphatic heterocycles. The summed E-state index contributed by atoms with van der Waals surface area (Å²) in [7, 11) is -0.551. The Morgan fingerprint density at radius 1 is 1.25 bits per heavy atom. The molecule has 11 heteroatoms.